The molecule has 3 rings (SSSR count). The van der Waals surface area contributed by atoms with Crippen molar-refractivity contribution in [3.05, 3.63) is 47.0 Å². The number of allylic oxidation sites excluding steroid dienone is 1. The fourth-order valence-corrected chi connectivity index (χ4v) is 4.61. The van der Waals surface area contributed by atoms with Gasteiger partial charge in [-0.3, -0.25) is 4.79 Å². The molecule has 0 unspecified atom stereocenters. The van der Waals surface area contributed by atoms with Crippen molar-refractivity contribution in [3.8, 4) is 0 Å². The van der Waals surface area contributed by atoms with Gasteiger partial charge in [-0.15, -0.1) is 0 Å². The Balaban J connectivity index is 2.13. The molecule has 0 saturated heterocycles. The number of rotatable bonds is 2. The summed E-state index contributed by atoms with van der Waals surface area (Å²) >= 11 is 0. The summed E-state index contributed by atoms with van der Waals surface area (Å²) in [5.74, 6) is 0.698. The van der Waals surface area contributed by atoms with Crippen molar-refractivity contribution < 1.29 is 9.53 Å². The Labute approximate surface area is 139 Å². The van der Waals surface area contributed by atoms with E-state index < -0.39 is 0 Å². The van der Waals surface area contributed by atoms with Crippen LogP contribution < -0.4 is 0 Å². The van der Waals surface area contributed by atoms with Crippen LogP contribution in [0.25, 0.3) is 0 Å². The molecule has 0 heterocycles. The molecule has 2 nitrogen and oxygen atoms in total. The molecular formula is C21H28O2. The summed E-state index contributed by atoms with van der Waals surface area (Å²) in [6.07, 6.45) is 4.25. The van der Waals surface area contributed by atoms with Gasteiger partial charge in [0.05, 0.1) is 0 Å². The molecule has 0 aromatic heterocycles. The molecule has 23 heavy (non-hydrogen) atoms. The molecule has 0 N–H and O–H groups in total. The molecule has 1 fully saturated rings. The van der Waals surface area contributed by atoms with Crippen molar-refractivity contribution >= 4 is 5.97 Å². The SMILES string of the molecule is C=C1CCC[C@]2(C)c3ccc(C(C)C)cc3[C@H](OC(C)=O)C[C@@H]12. The summed E-state index contributed by atoms with van der Waals surface area (Å²) in [5.41, 5.74) is 5.37. The van der Waals surface area contributed by atoms with E-state index in [1.807, 2.05) is 0 Å². The number of carbonyl (C=O) groups is 1. The highest BCUT2D eigenvalue weighted by Gasteiger charge is 2.47. The lowest BCUT2D eigenvalue weighted by Gasteiger charge is -2.49. The number of carbonyl (C=O) groups excluding carboxylic acids is 1. The van der Waals surface area contributed by atoms with E-state index in [0.717, 1.165) is 12.8 Å². The molecule has 124 valence electrons. The molecule has 2 aliphatic carbocycles. The van der Waals surface area contributed by atoms with Crippen LogP contribution in [0.5, 0.6) is 0 Å². The zero-order valence-electron chi connectivity index (χ0n) is 14.8. The Morgan fingerprint density at radius 1 is 1.39 bits per heavy atom. The number of hydrogen-bond donors (Lipinski definition) is 0. The summed E-state index contributed by atoms with van der Waals surface area (Å²) in [6, 6.07) is 6.80. The molecule has 0 spiro atoms. The predicted molar refractivity (Wildman–Crippen MR) is 93.5 cm³/mol. The van der Waals surface area contributed by atoms with Gasteiger partial charge in [-0.05, 0) is 59.6 Å². The first-order chi connectivity index (χ1) is 10.8. The van der Waals surface area contributed by atoms with Gasteiger partial charge in [-0.25, -0.2) is 0 Å². The van der Waals surface area contributed by atoms with Gasteiger partial charge < -0.3 is 4.74 Å². The zero-order valence-corrected chi connectivity index (χ0v) is 14.8. The second kappa shape index (κ2) is 5.81. The van der Waals surface area contributed by atoms with E-state index in [0.29, 0.717) is 11.8 Å². The van der Waals surface area contributed by atoms with E-state index in [2.05, 4.69) is 45.5 Å². The van der Waals surface area contributed by atoms with Crippen molar-refractivity contribution in [1.29, 1.82) is 0 Å². The third kappa shape index (κ3) is 2.73. The maximum absolute atomic E-state index is 11.6. The molecule has 2 heteroatoms. The van der Waals surface area contributed by atoms with Crippen LogP contribution in [0.4, 0.5) is 0 Å². The molecule has 0 bridgehead atoms. The van der Waals surface area contributed by atoms with Crippen LogP contribution in [0.3, 0.4) is 0 Å². The number of benzene rings is 1. The first-order valence-electron chi connectivity index (χ1n) is 8.82. The van der Waals surface area contributed by atoms with Crippen molar-refractivity contribution in [2.24, 2.45) is 5.92 Å². The molecule has 3 atom stereocenters. The molecule has 0 amide bonds. The standard InChI is InChI=1S/C21H28O2/c1-13(2)16-8-9-18-17(11-16)20(23-15(4)22)12-19-14(3)7-6-10-21(18,19)5/h8-9,11,13,19-20H,3,6-7,10,12H2,1-2,4-5H3/t19-,20+,21+/m0/s1. The zero-order chi connectivity index (χ0) is 16.8. The largest absolute Gasteiger partial charge is 0.458 e. The summed E-state index contributed by atoms with van der Waals surface area (Å²) in [4.78, 5) is 11.6. The van der Waals surface area contributed by atoms with Gasteiger partial charge >= 0.3 is 5.97 Å². The fourth-order valence-electron chi connectivity index (χ4n) is 4.61. The monoisotopic (exact) mass is 312 g/mol. The summed E-state index contributed by atoms with van der Waals surface area (Å²) in [5, 5.41) is 0. The molecule has 1 aromatic rings. The van der Waals surface area contributed by atoms with Crippen LogP contribution in [-0.4, -0.2) is 5.97 Å². The Morgan fingerprint density at radius 3 is 2.78 bits per heavy atom. The lowest BCUT2D eigenvalue weighted by molar-refractivity contribution is -0.148. The van der Waals surface area contributed by atoms with Crippen LogP contribution in [0.1, 0.15) is 82.1 Å². The highest BCUT2D eigenvalue weighted by Crippen LogP contribution is 2.55. The predicted octanol–water partition coefficient (Wildman–Crippen LogP) is 5.43. The van der Waals surface area contributed by atoms with Gasteiger partial charge in [0.1, 0.15) is 6.10 Å². The minimum Gasteiger partial charge on any atom is -0.458 e. The average Bonchev–Trinajstić information content (AvgIpc) is 2.48. The normalized spacial score (nSPS) is 29.9. The van der Waals surface area contributed by atoms with Crippen molar-refractivity contribution in [2.45, 2.75) is 70.8 Å². The fraction of sp³-hybridized carbons (Fsp3) is 0.571. The van der Waals surface area contributed by atoms with Gasteiger partial charge in [0.2, 0.25) is 0 Å². The molecule has 0 aliphatic heterocycles. The molecule has 0 radical (unpaired) electrons. The number of fused-ring (bicyclic) bond motifs is 3. The first kappa shape index (κ1) is 16.3. The van der Waals surface area contributed by atoms with Crippen LogP contribution in [0.15, 0.2) is 30.4 Å². The third-order valence-corrected chi connectivity index (χ3v) is 5.92. The van der Waals surface area contributed by atoms with Crippen molar-refractivity contribution in [1.82, 2.24) is 0 Å². The minimum atomic E-state index is -0.194. The van der Waals surface area contributed by atoms with Crippen LogP contribution in [0, 0.1) is 5.92 Å². The number of esters is 1. The van der Waals surface area contributed by atoms with E-state index in [1.165, 1.54) is 42.0 Å². The lowest BCUT2D eigenvalue weighted by Crippen LogP contribution is -2.42. The lowest BCUT2D eigenvalue weighted by atomic mass is 9.56. The third-order valence-electron chi connectivity index (χ3n) is 5.92. The second-order valence-electron chi connectivity index (χ2n) is 7.82. The molecule has 2 aliphatic rings. The van der Waals surface area contributed by atoms with Gasteiger partial charge in [-0.1, -0.05) is 51.1 Å². The van der Waals surface area contributed by atoms with Crippen molar-refractivity contribution in [2.75, 3.05) is 0 Å². The Morgan fingerprint density at radius 2 is 2.13 bits per heavy atom. The number of hydrogen-bond acceptors (Lipinski definition) is 2. The topological polar surface area (TPSA) is 26.3 Å². The second-order valence-corrected chi connectivity index (χ2v) is 7.82. The van der Waals surface area contributed by atoms with E-state index in [4.69, 9.17) is 4.74 Å². The number of ether oxygens (including phenoxy) is 1. The van der Waals surface area contributed by atoms with Gasteiger partial charge in [0, 0.05) is 6.92 Å². The maximum atomic E-state index is 11.6. The summed E-state index contributed by atoms with van der Waals surface area (Å²) in [7, 11) is 0. The van der Waals surface area contributed by atoms with Crippen molar-refractivity contribution in [3.63, 3.8) is 0 Å². The van der Waals surface area contributed by atoms with Gasteiger partial charge in [-0.2, -0.15) is 0 Å². The Bertz CT molecular complexity index is 643. The van der Waals surface area contributed by atoms with Crippen LogP contribution in [0.2, 0.25) is 0 Å². The summed E-state index contributed by atoms with van der Waals surface area (Å²) < 4.78 is 5.71. The van der Waals surface area contributed by atoms with E-state index in [9.17, 15) is 4.79 Å². The minimum absolute atomic E-state index is 0.130. The van der Waals surface area contributed by atoms with Crippen LogP contribution in [-0.2, 0) is 14.9 Å². The smallest absolute Gasteiger partial charge is 0.303 e. The van der Waals surface area contributed by atoms with Crippen LogP contribution >= 0.6 is 0 Å². The Hall–Kier alpha value is -1.57. The van der Waals surface area contributed by atoms with Gasteiger partial charge in [0.25, 0.3) is 0 Å². The average molecular weight is 312 g/mol. The van der Waals surface area contributed by atoms with E-state index in [-0.39, 0.29) is 17.5 Å². The van der Waals surface area contributed by atoms with E-state index in [1.54, 1.807) is 0 Å². The summed E-state index contributed by atoms with van der Waals surface area (Å²) in [6.45, 7) is 12.6. The highest BCUT2D eigenvalue weighted by atomic mass is 16.5. The molecule has 1 aromatic carbocycles. The molecular weight excluding hydrogens is 284 g/mol. The first-order valence-corrected chi connectivity index (χ1v) is 8.82. The highest BCUT2D eigenvalue weighted by molar-refractivity contribution is 5.66. The maximum Gasteiger partial charge on any atom is 0.303 e. The van der Waals surface area contributed by atoms with E-state index >= 15 is 0 Å². The molecule has 1 saturated carbocycles. The quantitative estimate of drug-likeness (QED) is 0.537. The van der Waals surface area contributed by atoms with Gasteiger partial charge in [0.15, 0.2) is 0 Å². The Kier molecular flexibility index (Phi) is 4.12.